The molecular weight excluding hydrogens is 268 g/mol. The summed E-state index contributed by atoms with van der Waals surface area (Å²) < 4.78 is 5.53. The number of ether oxygens (including phenoxy) is 1. The van der Waals surface area contributed by atoms with Gasteiger partial charge < -0.3 is 14.7 Å². The van der Waals surface area contributed by atoms with Crippen LogP contribution in [0.1, 0.15) is 39.9 Å². The highest BCUT2D eigenvalue weighted by Crippen LogP contribution is 2.27. The number of ketones is 1. The first kappa shape index (κ1) is 14.0. The summed E-state index contributed by atoms with van der Waals surface area (Å²) in [7, 11) is 1.83. The average Bonchev–Trinajstić information content (AvgIpc) is 2.96. The van der Waals surface area contributed by atoms with E-state index in [-0.39, 0.29) is 22.5 Å². The molecule has 2 heterocycles. The number of aromatic nitrogens is 1. The zero-order chi connectivity index (χ0) is 14.0. The van der Waals surface area contributed by atoms with E-state index in [0.717, 1.165) is 30.8 Å². The van der Waals surface area contributed by atoms with Crippen molar-refractivity contribution >= 4 is 28.2 Å². The molecule has 0 aromatic carbocycles. The first-order valence-electron chi connectivity index (χ1n) is 6.07. The summed E-state index contributed by atoms with van der Waals surface area (Å²) in [5.41, 5.74) is -0.160. The molecule has 1 fully saturated rings. The van der Waals surface area contributed by atoms with Gasteiger partial charge in [0.2, 0.25) is 0 Å². The molecule has 1 aliphatic heterocycles. The van der Waals surface area contributed by atoms with E-state index in [1.807, 2.05) is 11.9 Å². The number of carbonyl (C=O) groups excluding carboxylic acids is 1. The van der Waals surface area contributed by atoms with Crippen molar-refractivity contribution in [3.8, 4) is 0 Å². The Bertz CT molecular complexity index is 462. The van der Waals surface area contributed by atoms with Crippen LogP contribution in [0.25, 0.3) is 0 Å². The number of thiazole rings is 1. The minimum Gasteiger partial charge on any atom is -0.476 e. The molecule has 0 amide bonds. The molecule has 1 aromatic heterocycles. The van der Waals surface area contributed by atoms with Crippen LogP contribution in [0, 0.1) is 0 Å². The van der Waals surface area contributed by atoms with Crippen LogP contribution in [0.15, 0.2) is 0 Å². The van der Waals surface area contributed by atoms with E-state index >= 15 is 0 Å². The van der Waals surface area contributed by atoms with Crippen LogP contribution in [0.2, 0.25) is 0 Å². The Morgan fingerprint density at radius 2 is 2.32 bits per heavy atom. The summed E-state index contributed by atoms with van der Waals surface area (Å²) >= 11 is 1.12. The minimum atomic E-state index is -1.17. The fourth-order valence-corrected chi connectivity index (χ4v) is 2.95. The van der Waals surface area contributed by atoms with Crippen molar-refractivity contribution in [3.05, 3.63) is 10.6 Å². The number of aromatic carboxylic acids is 1. The zero-order valence-corrected chi connectivity index (χ0v) is 11.7. The molecular formula is C12H16N2O4S. The number of carboxylic acids is 1. The van der Waals surface area contributed by atoms with Crippen LogP contribution < -0.4 is 4.90 Å². The van der Waals surface area contributed by atoms with Crippen LogP contribution in [0.3, 0.4) is 0 Å². The van der Waals surface area contributed by atoms with Crippen LogP contribution >= 0.6 is 11.3 Å². The van der Waals surface area contributed by atoms with Gasteiger partial charge in [-0.3, -0.25) is 4.79 Å². The quantitative estimate of drug-likeness (QED) is 0.828. The van der Waals surface area contributed by atoms with E-state index in [0.29, 0.717) is 11.7 Å². The van der Waals surface area contributed by atoms with E-state index in [1.54, 1.807) is 0 Å². The molecule has 1 unspecified atom stereocenters. The number of hydrogen-bond acceptors (Lipinski definition) is 6. The van der Waals surface area contributed by atoms with Gasteiger partial charge in [0.25, 0.3) is 0 Å². The van der Waals surface area contributed by atoms with Gasteiger partial charge in [-0.25, -0.2) is 9.78 Å². The third kappa shape index (κ3) is 3.10. The minimum absolute atomic E-state index is 0.156. The summed E-state index contributed by atoms with van der Waals surface area (Å²) in [4.78, 5) is 28.6. The number of likely N-dealkylation sites (N-methyl/N-ethyl adjacent to an activating group) is 1. The lowest BCUT2D eigenvalue weighted by Crippen LogP contribution is -2.28. The van der Waals surface area contributed by atoms with Gasteiger partial charge in [-0.05, 0) is 12.8 Å². The topological polar surface area (TPSA) is 79.7 Å². The van der Waals surface area contributed by atoms with Crippen molar-refractivity contribution < 1.29 is 19.4 Å². The zero-order valence-electron chi connectivity index (χ0n) is 10.9. The second-order valence-electron chi connectivity index (χ2n) is 4.55. The van der Waals surface area contributed by atoms with Gasteiger partial charge in [0.1, 0.15) is 4.88 Å². The molecule has 7 heteroatoms. The third-order valence-electron chi connectivity index (χ3n) is 2.97. The van der Waals surface area contributed by atoms with Crippen molar-refractivity contribution in [2.24, 2.45) is 0 Å². The average molecular weight is 284 g/mol. The Hall–Kier alpha value is -1.47. The number of nitrogens with zero attached hydrogens (tertiary/aromatic N) is 2. The van der Waals surface area contributed by atoms with Crippen molar-refractivity contribution in [1.29, 1.82) is 0 Å². The van der Waals surface area contributed by atoms with Gasteiger partial charge in [0, 0.05) is 27.1 Å². The second-order valence-corrected chi connectivity index (χ2v) is 5.53. The highest BCUT2D eigenvalue weighted by atomic mass is 32.1. The lowest BCUT2D eigenvalue weighted by molar-refractivity contribution is 0.0687. The fourth-order valence-electron chi connectivity index (χ4n) is 2.03. The molecule has 1 aliphatic rings. The number of anilines is 1. The first-order chi connectivity index (χ1) is 8.99. The van der Waals surface area contributed by atoms with Crippen molar-refractivity contribution in [2.75, 3.05) is 25.1 Å². The molecule has 0 radical (unpaired) electrons. The largest absolute Gasteiger partial charge is 0.476 e. The first-order valence-corrected chi connectivity index (χ1v) is 6.88. The van der Waals surface area contributed by atoms with Gasteiger partial charge in [-0.15, -0.1) is 0 Å². The molecule has 1 saturated heterocycles. The van der Waals surface area contributed by atoms with E-state index in [2.05, 4.69) is 4.98 Å². The molecule has 0 aliphatic carbocycles. The summed E-state index contributed by atoms with van der Waals surface area (Å²) in [6, 6.07) is 0. The van der Waals surface area contributed by atoms with Gasteiger partial charge >= 0.3 is 5.97 Å². The Morgan fingerprint density at radius 1 is 1.58 bits per heavy atom. The standard InChI is InChI=1S/C12H16N2O4S/c1-7(15)10-9(11(16)17)13-12(19-10)14(2)6-8-4-3-5-18-8/h8H,3-6H2,1-2H3,(H,16,17). The van der Waals surface area contributed by atoms with Crippen LogP contribution in [-0.2, 0) is 4.74 Å². The maximum Gasteiger partial charge on any atom is 0.356 e. The second kappa shape index (κ2) is 5.66. The van der Waals surface area contributed by atoms with Crippen molar-refractivity contribution in [2.45, 2.75) is 25.9 Å². The van der Waals surface area contributed by atoms with Gasteiger partial charge in [0.05, 0.1) is 6.10 Å². The SMILES string of the molecule is CC(=O)c1sc(N(C)CC2CCCO2)nc1C(=O)O. The number of carbonyl (C=O) groups is 2. The highest BCUT2D eigenvalue weighted by molar-refractivity contribution is 7.17. The molecule has 19 heavy (non-hydrogen) atoms. The van der Waals surface area contributed by atoms with Crippen LogP contribution in [0.4, 0.5) is 5.13 Å². The normalized spacial score (nSPS) is 18.5. The van der Waals surface area contributed by atoms with Crippen molar-refractivity contribution in [1.82, 2.24) is 4.98 Å². The van der Waals surface area contributed by atoms with Gasteiger partial charge in [-0.2, -0.15) is 0 Å². The lowest BCUT2D eigenvalue weighted by Gasteiger charge is -2.19. The van der Waals surface area contributed by atoms with E-state index in [9.17, 15) is 9.59 Å². The number of carboxylic acid groups (broad SMARTS) is 1. The summed E-state index contributed by atoms with van der Waals surface area (Å²) in [6.07, 6.45) is 2.21. The number of rotatable bonds is 5. The van der Waals surface area contributed by atoms with E-state index < -0.39 is 5.97 Å². The molecule has 104 valence electrons. The summed E-state index contributed by atoms with van der Waals surface area (Å²) in [5.74, 6) is -1.44. The summed E-state index contributed by atoms with van der Waals surface area (Å²) in [5, 5.41) is 9.58. The third-order valence-corrected chi connectivity index (χ3v) is 4.24. The fraction of sp³-hybridized carbons (Fsp3) is 0.583. The molecule has 1 N–H and O–H groups in total. The summed E-state index contributed by atoms with van der Waals surface area (Å²) in [6.45, 7) is 2.78. The maximum atomic E-state index is 11.4. The molecule has 2 rings (SSSR count). The van der Waals surface area contributed by atoms with Gasteiger partial charge in [0.15, 0.2) is 16.6 Å². The lowest BCUT2D eigenvalue weighted by atomic mass is 10.2. The van der Waals surface area contributed by atoms with Gasteiger partial charge in [-0.1, -0.05) is 11.3 Å². The Kier molecular flexibility index (Phi) is 4.16. The predicted octanol–water partition coefficient (Wildman–Crippen LogP) is 1.66. The molecule has 1 aromatic rings. The molecule has 1 atom stereocenters. The van der Waals surface area contributed by atoms with E-state index in [1.165, 1.54) is 6.92 Å². The Labute approximate surface area is 115 Å². The van der Waals surface area contributed by atoms with Crippen LogP contribution in [0.5, 0.6) is 0 Å². The molecule has 0 saturated carbocycles. The molecule has 6 nitrogen and oxygen atoms in total. The van der Waals surface area contributed by atoms with Crippen LogP contribution in [-0.4, -0.2) is 48.1 Å². The predicted molar refractivity (Wildman–Crippen MR) is 71.3 cm³/mol. The number of hydrogen-bond donors (Lipinski definition) is 1. The highest BCUT2D eigenvalue weighted by Gasteiger charge is 2.24. The van der Waals surface area contributed by atoms with E-state index in [4.69, 9.17) is 9.84 Å². The Balaban J connectivity index is 2.17. The number of Topliss-reactive ketones (excluding diaryl/α,β-unsaturated/α-hetero) is 1. The Morgan fingerprint density at radius 3 is 2.79 bits per heavy atom. The molecule has 0 spiro atoms. The monoisotopic (exact) mass is 284 g/mol. The molecule has 0 bridgehead atoms. The smallest absolute Gasteiger partial charge is 0.356 e. The van der Waals surface area contributed by atoms with Crippen molar-refractivity contribution in [3.63, 3.8) is 0 Å². The maximum absolute atomic E-state index is 11.4.